The summed E-state index contributed by atoms with van der Waals surface area (Å²) in [5, 5.41) is 22.9. The van der Waals surface area contributed by atoms with Crippen molar-refractivity contribution in [3.63, 3.8) is 0 Å². The summed E-state index contributed by atoms with van der Waals surface area (Å²) >= 11 is 0. The maximum absolute atomic E-state index is 12.1. The summed E-state index contributed by atoms with van der Waals surface area (Å²) in [6.07, 6.45) is 0. The molecule has 9 heteroatoms. The summed E-state index contributed by atoms with van der Waals surface area (Å²) in [6, 6.07) is 5.66. The largest absolute Gasteiger partial charge is 0.354 e. The van der Waals surface area contributed by atoms with E-state index in [0.717, 1.165) is 36.1 Å². The fourth-order valence-corrected chi connectivity index (χ4v) is 3.16. The van der Waals surface area contributed by atoms with Crippen LogP contribution >= 0.6 is 0 Å². The molecule has 0 saturated carbocycles. The summed E-state index contributed by atoms with van der Waals surface area (Å²) < 4.78 is 1.82. The number of anilines is 1. The number of nitrogens with one attached hydrogen (secondary N) is 2. The van der Waals surface area contributed by atoms with Crippen molar-refractivity contribution in [2.75, 3.05) is 24.5 Å². The minimum absolute atomic E-state index is 0.128. The second kappa shape index (κ2) is 6.33. The highest BCUT2D eigenvalue weighted by Crippen LogP contribution is 2.25. The summed E-state index contributed by atoms with van der Waals surface area (Å²) in [7, 11) is 0. The molecule has 0 bridgehead atoms. The number of hydrogen-bond acceptors (Lipinski definition) is 6. The summed E-state index contributed by atoms with van der Waals surface area (Å²) in [6.45, 7) is 10.5. The third kappa shape index (κ3) is 3.36. The van der Waals surface area contributed by atoms with Crippen LogP contribution in [0.1, 0.15) is 42.8 Å². The van der Waals surface area contributed by atoms with E-state index in [1.165, 1.54) is 0 Å². The zero-order chi connectivity index (χ0) is 19.2. The molecule has 0 radical (unpaired) electrons. The molecule has 3 aromatic rings. The average molecular weight is 368 g/mol. The van der Waals surface area contributed by atoms with Gasteiger partial charge in [0.05, 0.1) is 0 Å². The van der Waals surface area contributed by atoms with Crippen LogP contribution in [0.4, 0.5) is 5.82 Å². The first-order chi connectivity index (χ1) is 12.8. The Hall–Kier alpha value is -2.97. The summed E-state index contributed by atoms with van der Waals surface area (Å²) in [4.78, 5) is 14.3. The molecular weight excluding hydrogens is 344 g/mol. The zero-order valence-electron chi connectivity index (χ0n) is 16.0. The van der Waals surface area contributed by atoms with Gasteiger partial charge in [0.1, 0.15) is 11.5 Å². The Morgan fingerprint density at radius 1 is 1.30 bits per heavy atom. The molecule has 0 spiro atoms. The second-order valence-corrected chi connectivity index (χ2v) is 8.15. The molecule has 27 heavy (non-hydrogen) atoms. The first kappa shape index (κ1) is 17.4. The number of carbonyl (C=O) groups is 1. The Bertz CT molecular complexity index is 977. The van der Waals surface area contributed by atoms with Gasteiger partial charge in [-0.1, -0.05) is 20.8 Å². The Morgan fingerprint density at radius 2 is 2.07 bits per heavy atom. The maximum atomic E-state index is 12.1. The fourth-order valence-electron chi connectivity index (χ4n) is 3.16. The van der Waals surface area contributed by atoms with Gasteiger partial charge in [-0.3, -0.25) is 9.89 Å². The number of rotatable bonds is 4. The molecule has 4 heterocycles. The average Bonchev–Trinajstić information content (AvgIpc) is 3.18. The van der Waals surface area contributed by atoms with Gasteiger partial charge in [0.2, 0.25) is 0 Å². The number of hydrogen-bond donors (Lipinski definition) is 2. The molecule has 4 rings (SSSR count). The minimum atomic E-state index is -0.142. The molecule has 1 saturated heterocycles. The third-order valence-corrected chi connectivity index (χ3v) is 4.69. The van der Waals surface area contributed by atoms with Gasteiger partial charge in [-0.2, -0.15) is 9.61 Å². The highest BCUT2D eigenvalue weighted by Gasteiger charge is 2.29. The number of H-pyrrole nitrogens is 1. The van der Waals surface area contributed by atoms with Crippen molar-refractivity contribution in [2.45, 2.75) is 33.1 Å². The Kier molecular flexibility index (Phi) is 4.09. The second-order valence-electron chi connectivity index (χ2n) is 8.15. The van der Waals surface area contributed by atoms with Gasteiger partial charge in [0.15, 0.2) is 11.5 Å². The number of carbonyl (C=O) groups excluding carboxylic acids is 1. The number of nitrogens with zero attached hydrogens (tertiary/aromatic N) is 6. The van der Waals surface area contributed by atoms with Gasteiger partial charge in [0, 0.05) is 36.7 Å². The van der Waals surface area contributed by atoms with E-state index in [-0.39, 0.29) is 11.3 Å². The smallest absolute Gasteiger partial charge is 0.271 e. The molecule has 0 aromatic carbocycles. The highest BCUT2D eigenvalue weighted by atomic mass is 16.1. The molecule has 1 fully saturated rings. The molecular formula is C18H24N8O. The molecule has 1 aliphatic rings. The third-order valence-electron chi connectivity index (χ3n) is 4.69. The molecule has 142 valence electrons. The molecule has 3 aromatic heterocycles. The fraction of sp³-hybridized carbons (Fsp3) is 0.500. The van der Waals surface area contributed by atoms with E-state index in [2.05, 4.69) is 51.4 Å². The standard InChI is InChI=1S/C18H24N8O/c1-11-7-13(21-20-11)16(27)19-8-12-9-25(10-12)15-6-5-14-22-23-17(18(2,3)4)26(14)24-15/h5-7,12H,8-10H2,1-4H3,(H,19,27)(H,20,21). The van der Waals surface area contributed by atoms with Crippen molar-refractivity contribution < 1.29 is 4.79 Å². The molecule has 0 aliphatic carbocycles. The van der Waals surface area contributed by atoms with E-state index in [4.69, 9.17) is 5.10 Å². The molecule has 2 N–H and O–H groups in total. The minimum Gasteiger partial charge on any atom is -0.354 e. The van der Waals surface area contributed by atoms with Crippen LogP contribution in [0.2, 0.25) is 0 Å². The molecule has 0 unspecified atom stereocenters. The topological polar surface area (TPSA) is 104 Å². The SMILES string of the molecule is Cc1cc(C(=O)NCC2CN(c3ccc4nnc(C(C)(C)C)n4n3)C2)n[nH]1. The Balaban J connectivity index is 1.37. The van der Waals surface area contributed by atoms with E-state index in [1.54, 1.807) is 6.07 Å². The van der Waals surface area contributed by atoms with Crippen molar-refractivity contribution in [2.24, 2.45) is 5.92 Å². The predicted molar refractivity (Wildman–Crippen MR) is 101 cm³/mol. The molecule has 9 nitrogen and oxygen atoms in total. The summed E-state index contributed by atoms with van der Waals surface area (Å²) in [5.74, 6) is 2.00. The van der Waals surface area contributed by atoms with Gasteiger partial charge >= 0.3 is 0 Å². The maximum Gasteiger partial charge on any atom is 0.271 e. The van der Waals surface area contributed by atoms with Crippen molar-refractivity contribution in [3.8, 4) is 0 Å². The van der Waals surface area contributed by atoms with Crippen LogP contribution in [0.3, 0.4) is 0 Å². The van der Waals surface area contributed by atoms with E-state index >= 15 is 0 Å². The molecule has 1 amide bonds. The highest BCUT2D eigenvalue weighted by molar-refractivity contribution is 5.92. The summed E-state index contributed by atoms with van der Waals surface area (Å²) in [5.41, 5.74) is 1.93. The van der Waals surface area contributed by atoms with Gasteiger partial charge in [-0.25, -0.2) is 0 Å². The van der Waals surface area contributed by atoms with E-state index in [1.807, 2.05) is 23.6 Å². The van der Waals surface area contributed by atoms with Crippen LogP contribution in [0, 0.1) is 12.8 Å². The monoisotopic (exact) mass is 368 g/mol. The lowest BCUT2D eigenvalue weighted by molar-refractivity contribution is 0.0939. The lowest BCUT2D eigenvalue weighted by atomic mass is 9.96. The van der Waals surface area contributed by atoms with Gasteiger partial charge < -0.3 is 10.2 Å². The first-order valence-electron chi connectivity index (χ1n) is 9.09. The number of aromatic nitrogens is 6. The van der Waals surface area contributed by atoms with E-state index in [9.17, 15) is 4.79 Å². The lowest BCUT2D eigenvalue weighted by Gasteiger charge is -2.40. The lowest BCUT2D eigenvalue weighted by Crippen LogP contribution is -2.52. The van der Waals surface area contributed by atoms with E-state index < -0.39 is 0 Å². The Morgan fingerprint density at radius 3 is 2.74 bits per heavy atom. The van der Waals surface area contributed by atoms with Crippen LogP contribution in [-0.4, -0.2) is 55.6 Å². The number of aryl methyl sites for hydroxylation is 1. The zero-order valence-corrected chi connectivity index (χ0v) is 16.0. The predicted octanol–water partition coefficient (Wildman–Crippen LogP) is 1.32. The van der Waals surface area contributed by atoms with Crippen LogP contribution in [-0.2, 0) is 5.41 Å². The quantitative estimate of drug-likeness (QED) is 0.720. The van der Waals surface area contributed by atoms with Crippen LogP contribution in [0.5, 0.6) is 0 Å². The van der Waals surface area contributed by atoms with Crippen LogP contribution in [0.25, 0.3) is 5.65 Å². The molecule has 0 atom stereocenters. The van der Waals surface area contributed by atoms with Gasteiger partial charge in [-0.15, -0.1) is 15.3 Å². The van der Waals surface area contributed by atoms with Crippen molar-refractivity contribution in [3.05, 3.63) is 35.4 Å². The van der Waals surface area contributed by atoms with Crippen LogP contribution in [0.15, 0.2) is 18.2 Å². The Labute approximate surface area is 157 Å². The van der Waals surface area contributed by atoms with E-state index in [0.29, 0.717) is 18.2 Å². The van der Waals surface area contributed by atoms with Crippen molar-refractivity contribution in [1.82, 2.24) is 35.3 Å². The number of fused-ring (bicyclic) bond motifs is 1. The van der Waals surface area contributed by atoms with Gasteiger partial charge in [0.25, 0.3) is 5.91 Å². The van der Waals surface area contributed by atoms with Crippen molar-refractivity contribution in [1.29, 1.82) is 0 Å². The molecule has 1 aliphatic heterocycles. The van der Waals surface area contributed by atoms with Gasteiger partial charge in [-0.05, 0) is 25.1 Å². The normalized spacial score (nSPS) is 15.2. The van der Waals surface area contributed by atoms with Crippen molar-refractivity contribution >= 4 is 17.4 Å². The first-order valence-corrected chi connectivity index (χ1v) is 9.09. The number of amides is 1. The number of aromatic amines is 1. The van der Waals surface area contributed by atoms with Crippen LogP contribution < -0.4 is 10.2 Å².